The number of aryl methyl sites for hydroxylation is 4. The molecule has 0 saturated carbocycles. The summed E-state index contributed by atoms with van der Waals surface area (Å²) in [6.45, 7) is 8.63. The van der Waals surface area contributed by atoms with E-state index in [0.29, 0.717) is 0 Å². The average molecular weight is 303 g/mol. The lowest BCUT2D eigenvalue weighted by molar-refractivity contribution is 1.12. The lowest BCUT2D eigenvalue weighted by Gasteiger charge is -2.15. The second-order valence-electron chi connectivity index (χ2n) is 5.07. The minimum atomic E-state index is 0.275. The SMILES string of the molecule is Cc1ccc(C(Br)c2ccc(C)c(C)c2)c(C)c1. The number of rotatable bonds is 2. The van der Waals surface area contributed by atoms with Gasteiger partial charge in [-0.25, -0.2) is 0 Å². The molecule has 0 heterocycles. The normalized spacial score (nSPS) is 12.5. The van der Waals surface area contributed by atoms with Crippen molar-refractivity contribution in [1.82, 2.24) is 0 Å². The van der Waals surface area contributed by atoms with E-state index in [4.69, 9.17) is 0 Å². The molecule has 1 heteroatoms. The first-order valence-electron chi connectivity index (χ1n) is 6.27. The van der Waals surface area contributed by atoms with Crippen LogP contribution in [0.3, 0.4) is 0 Å². The summed E-state index contributed by atoms with van der Waals surface area (Å²) in [4.78, 5) is 0.275. The molecule has 1 unspecified atom stereocenters. The van der Waals surface area contributed by atoms with Crippen molar-refractivity contribution in [3.05, 3.63) is 69.8 Å². The fraction of sp³-hybridized carbons (Fsp3) is 0.294. The van der Waals surface area contributed by atoms with Crippen LogP contribution in [-0.2, 0) is 0 Å². The van der Waals surface area contributed by atoms with Gasteiger partial charge in [0.25, 0.3) is 0 Å². The Labute approximate surface area is 118 Å². The maximum Gasteiger partial charge on any atom is 0.0647 e. The van der Waals surface area contributed by atoms with Crippen LogP contribution in [0.1, 0.15) is 38.2 Å². The molecule has 1 atom stereocenters. The zero-order chi connectivity index (χ0) is 13.3. The van der Waals surface area contributed by atoms with Crippen LogP contribution in [0.2, 0.25) is 0 Å². The van der Waals surface area contributed by atoms with Crippen LogP contribution < -0.4 is 0 Å². The molecular formula is C17H19Br. The third kappa shape index (κ3) is 2.67. The van der Waals surface area contributed by atoms with E-state index in [1.54, 1.807) is 0 Å². The molecule has 0 N–H and O–H groups in total. The summed E-state index contributed by atoms with van der Waals surface area (Å²) in [7, 11) is 0. The van der Waals surface area contributed by atoms with Crippen molar-refractivity contribution in [2.45, 2.75) is 32.5 Å². The summed E-state index contributed by atoms with van der Waals surface area (Å²) in [6, 6.07) is 13.3. The molecule has 0 fully saturated rings. The molecule has 2 aromatic carbocycles. The first kappa shape index (κ1) is 13.4. The largest absolute Gasteiger partial charge is 0.0786 e. The Morgan fingerprint density at radius 1 is 0.778 bits per heavy atom. The Morgan fingerprint density at radius 3 is 2.11 bits per heavy atom. The predicted molar refractivity (Wildman–Crippen MR) is 82.6 cm³/mol. The van der Waals surface area contributed by atoms with Gasteiger partial charge in [-0.3, -0.25) is 0 Å². The molecular weight excluding hydrogens is 284 g/mol. The minimum absolute atomic E-state index is 0.275. The van der Waals surface area contributed by atoms with E-state index in [-0.39, 0.29) is 4.83 Å². The average Bonchev–Trinajstić information content (AvgIpc) is 2.32. The van der Waals surface area contributed by atoms with E-state index in [2.05, 4.69) is 80.0 Å². The smallest absolute Gasteiger partial charge is 0.0647 e. The van der Waals surface area contributed by atoms with Crippen molar-refractivity contribution in [3.8, 4) is 0 Å². The van der Waals surface area contributed by atoms with Gasteiger partial charge >= 0.3 is 0 Å². The highest BCUT2D eigenvalue weighted by molar-refractivity contribution is 9.09. The van der Waals surface area contributed by atoms with Crippen molar-refractivity contribution in [3.63, 3.8) is 0 Å². The Bertz CT molecular complexity index is 570. The van der Waals surface area contributed by atoms with Gasteiger partial charge in [0, 0.05) is 0 Å². The molecule has 0 saturated heterocycles. The first-order chi connectivity index (χ1) is 8.49. The van der Waals surface area contributed by atoms with Crippen molar-refractivity contribution in [1.29, 1.82) is 0 Å². The summed E-state index contributed by atoms with van der Waals surface area (Å²) >= 11 is 3.83. The third-order valence-electron chi connectivity index (χ3n) is 3.52. The molecule has 94 valence electrons. The van der Waals surface area contributed by atoms with Crippen LogP contribution in [-0.4, -0.2) is 0 Å². The second kappa shape index (κ2) is 5.27. The molecule has 0 amide bonds. The Balaban J connectivity index is 2.41. The molecule has 18 heavy (non-hydrogen) atoms. The molecule has 2 rings (SSSR count). The van der Waals surface area contributed by atoms with Gasteiger partial charge in [-0.15, -0.1) is 0 Å². The van der Waals surface area contributed by atoms with E-state index in [1.807, 2.05) is 0 Å². The second-order valence-corrected chi connectivity index (χ2v) is 5.98. The summed E-state index contributed by atoms with van der Waals surface area (Å²) in [5.74, 6) is 0. The van der Waals surface area contributed by atoms with Gasteiger partial charge in [0.2, 0.25) is 0 Å². The standard InChI is InChI=1S/C17H19Br/c1-11-5-8-16(14(4)9-11)17(18)15-7-6-12(2)13(3)10-15/h5-10,17H,1-4H3. The van der Waals surface area contributed by atoms with Gasteiger partial charge in [0.1, 0.15) is 0 Å². The molecule has 0 spiro atoms. The van der Waals surface area contributed by atoms with Crippen molar-refractivity contribution >= 4 is 15.9 Å². The topological polar surface area (TPSA) is 0 Å². The minimum Gasteiger partial charge on any atom is -0.0786 e. The van der Waals surface area contributed by atoms with Crippen molar-refractivity contribution in [2.75, 3.05) is 0 Å². The van der Waals surface area contributed by atoms with E-state index in [9.17, 15) is 0 Å². The van der Waals surface area contributed by atoms with Gasteiger partial charge in [0.15, 0.2) is 0 Å². The Hall–Kier alpha value is -1.08. The van der Waals surface area contributed by atoms with Gasteiger partial charge < -0.3 is 0 Å². The monoisotopic (exact) mass is 302 g/mol. The number of benzene rings is 2. The quantitative estimate of drug-likeness (QED) is 0.651. The highest BCUT2D eigenvalue weighted by Crippen LogP contribution is 2.33. The fourth-order valence-corrected chi connectivity index (χ4v) is 3.01. The number of alkyl halides is 1. The highest BCUT2D eigenvalue weighted by atomic mass is 79.9. The molecule has 2 aromatic rings. The maximum atomic E-state index is 3.83. The molecule has 0 radical (unpaired) electrons. The molecule has 0 aromatic heterocycles. The summed E-state index contributed by atoms with van der Waals surface area (Å²) < 4.78 is 0. The maximum absolute atomic E-state index is 3.83. The molecule has 0 aliphatic carbocycles. The number of hydrogen-bond acceptors (Lipinski definition) is 0. The summed E-state index contributed by atoms with van der Waals surface area (Å²) in [5, 5.41) is 0. The van der Waals surface area contributed by atoms with Gasteiger partial charge in [-0.2, -0.15) is 0 Å². The first-order valence-corrected chi connectivity index (χ1v) is 7.19. The lowest BCUT2D eigenvalue weighted by Crippen LogP contribution is -1.97. The zero-order valence-electron chi connectivity index (χ0n) is 11.4. The fourth-order valence-electron chi connectivity index (χ4n) is 2.21. The van der Waals surface area contributed by atoms with Crippen LogP contribution in [0.4, 0.5) is 0 Å². The van der Waals surface area contributed by atoms with E-state index < -0.39 is 0 Å². The molecule has 0 aliphatic heterocycles. The zero-order valence-corrected chi connectivity index (χ0v) is 13.0. The van der Waals surface area contributed by atoms with E-state index in [0.717, 1.165) is 0 Å². The lowest BCUT2D eigenvalue weighted by atomic mass is 9.96. The molecule has 0 bridgehead atoms. The van der Waals surface area contributed by atoms with Crippen molar-refractivity contribution in [2.24, 2.45) is 0 Å². The van der Waals surface area contributed by atoms with Crippen LogP contribution in [0.5, 0.6) is 0 Å². The van der Waals surface area contributed by atoms with Crippen LogP contribution >= 0.6 is 15.9 Å². The van der Waals surface area contributed by atoms with Gasteiger partial charge in [-0.1, -0.05) is 57.9 Å². The highest BCUT2D eigenvalue weighted by Gasteiger charge is 2.13. The van der Waals surface area contributed by atoms with Gasteiger partial charge in [-0.05, 0) is 55.5 Å². The van der Waals surface area contributed by atoms with Crippen molar-refractivity contribution < 1.29 is 0 Å². The van der Waals surface area contributed by atoms with E-state index in [1.165, 1.54) is 33.4 Å². The number of halogens is 1. The Kier molecular flexibility index (Phi) is 3.91. The molecule has 0 aliphatic rings. The number of hydrogen-bond donors (Lipinski definition) is 0. The van der Waals surface area contributed by atoms with Gasteiger partial charge in [0.05, 0.1) is 4.83 Å². The Morgan fingerprint density at radius 2 is 1.50 bits per heavy atom. The van der Waals surface area contributed by atoms with Crippen LogP contribution in [0.15, 0.2) is 36.4 Å². The van der Waals surface area contributed by atoms with Crippen LogP contribution in [0, 0.1) is 27.7 Å². The summed E-state index contributed by atoms with van der Waals surface area (Å²) in [5.41, 5.74) is 8.03. The third-order valence-corrected chi connectivity index (χ3v) is 4.54. The predicted octanol–water partition coefficient (Wildman–Crippen LogP) is 5.40. The van der Waals surface area contributed by atoms with E-state index >= 15 is 0 Å². The van der Waals surface area contributed by atoms with Crippen LogP contribution in [0.25, 0.3) is 0 Å². The summed E-state index contributed by atoms with van der Waals surface area (Å²) in [6.07, 6.45) is 0. The molecule has 0 nitrogen and oxygen atoms in total.